The third kappa shape index (κ3) is 3.78. The molecule has 3 N–H and O–H groups in total. The Balaban J connectivity index is 1.71. The zero-order chi connectivity index (χ0) is 26.3. The molecule has 3 aliphatic rings. The highest BCUT2D eigenvalue weighted by Gasteiger charge is 2.79. The summed E-state index contributed by atoms with van der Waals surface area (Å²) in [6, 6.07) is 6.18. The lowest BCUT2D eigenvalue weighted by Gasteiger charge is -2.37. The van der Waals surface area contributed by atoms with Gasteiger partial charge in [-0.3, -0.25) is 14.4 Å². The fourth-order valence-electron chi connectivity index (χ4n) is 6.87. The molecule has 6 atom stereocenters. The van der Waals surface area contributed by atoms with Gasteiger partial charge < -0.3 is 30.3 Å². The molecule has 1 spiro atoms. The number of nitrogens with one attached hydrogen (secondary N) is 2. The summed E-state index contributed by atoms with van der Waals surface area (Å²) >= 11 is 0. The smallest absolute Gasteiger partial charge is 0.250 e. The fraction of sp³-hybridized carbons (Fsp3) is 0.667. The van der Waals surface area contributed by atoms with Gasteiger partial charge in [-0.1, -0.05) is 13.8 Å². The van der Waals surface area contributed by atoms with Crippen LogP contribution >= 0.6 is 0 Å². The average molecular weight is 501 g/mol. The van der Waals surface area contributed by atoms with Gasteiger partial charge in [-0.2, -0.15) is 0 Å². The number of nitrogens with zero attached hydrogens (tertiary/aromatic N) is 2. The van der Waals surface area contributed by atoms with E-state index < -0.39 is 35.1 Å². The highest BCUT2D eigenvalue weighted by Crippen LogP contribution is 2.64. The second-order valence-corrected chi connectivity index (χ2v) is 10.1. The van der Waals surface area contributed by atoms with Gasteiger partial charge in [0.15, 0.2) is 0 Å². The number of benzene rings is 1. The number of carbonyl (C=O) groups excluding carboxylic acids is 3. The van der Waals surface area contributed by atoms with Crippen molar-refractivity contribution in [2.24, 2.45) is 11.8 Å². The van der Waals surface area contributed by atoms with Crippen molar-refractivity contribution in [3.63, 3.8) is 0 Å². The molecule has 1 aromatic carbocycles. The lowest BCUT2D eigenvalue weighted by Crippen LogP contribution is -2.56. The standard InChI is InChI=1S/C27H40N4O5/c1-6-18(16-32)31-22(24(34)29-17-10-12-19(13-11-17)30(8-3)9-4)27-15-14-26(7-2,36-27)20(23(33)28-5)21(27)25(31)35/h10-13,18,20-22,32H,6-9,14-16H2,1-5H3,(H,28,33)(H,29,34)/t18-,20+,21-,22?,26-,27?/m0/s1. The van der Waals surface area contributed by atoms with Gasteiger partial charge in [0.25, 0.3) is 0 Å². The Morgan fingerprint density at radius 3 is 2.33 bits per heavy atom. The maximum atomic E-state index is 13.9. The molecule has 1 aromatic rings. The minimum absolute atomic E-state index is 0.234. The molecule has 4 rings (SSSR count). The predicted octanol–water partition coefficient (Wildman–Crippen LogP) is 2.14. The maximum absolute atomic E-state index is 13.9. The topological polar surface area (TPSA) is 111 Å². The third-order valence-corrected chi connectivity index (χ3v) is 8.73. The highest BCUT2D eigenvalue weighted by atomic mass is 16.5. The van der Waals surface area contributed by atoms with Gasteiger partial charge in [0, 0.05) is 31.5 Å². The van der Waals surface area contributed by atoms with Crippen molar-refractivity contribution in [1.29, 1.82) is 0 Å². The predicted molar refractivity (Wildman–Crippen MR) is 138 cm³/mol. The van der Waals surface area contributed by atoms with E-state index in [4.69, 9.17) is 4.74 Å². The molecule has 9 heteroatoms. The highest BCUT2D eigenvalue weighted by molar-refractivity contribution is 6.04. The zero-order valence-electron chi connectivity index (χ0n) is 22.0. The van der Waals surface area contributed by atoms with Gasteiger partial charge in [-0.15, -0.1) is 0 Å². The Kier molecular flexibility index (Phi) is 7.35. The number of amides is 3. The largest absolute Gasteiger partial charge is 0.394 e. The van der Waals surface area contributed by atoms with Crippen LogP contribution in [0.1, 0.15) is 53.4 Å². The van der Waals surface area contributed by atoms with E-state index in [2.05, 4.69) is 29.4 Å². The molecule has 36 heavy (non-hydrogen) atoms. The Morgan fingerprint density at radius 2 is 1.81 bits per heavy atom. The second kappa shape index (κ2) is 10.0. The molecule has 0 aliphatic carbocycles. The minimum atomic E-state index is -1.10. The molecule has 3 amide bonds. The van der Waals surface area contributed by atoms with E-state index in [1.807, 2.05) is 38.1 Å². The molecular formula is C27H40N4O5. The number of ether oxygens (including phenoxy) is 1. The normalized spacial score (nSPS) is 31.3. The summed E-state index contributed by atoms with van der Waals surface area (Å²) in [5.41, 5.74) is -0.173. The molecule has 2 bridgehead atoms. The first kappa shape index (κ1) is 26.4. The summed E-state index contributed by atoms with van der Waals surface area (Å²) in [6.45, 7) is 9.53. The van der Waals surface area contributed by atoms with Gasteiger partial charge in [0.05, 0.1) is 30.1 Å². The summed E-state index contributed by atoms with van der Waals surface area (Å²) in [5.74, 6) is -2.29. The number of anilines is 2. The minimum Gasteiger partial charge on any atom is -0.394 e. The molecule has 3 aliphatic heterocycles. The molecule has 3 saturated heterocycles. The van der Waals surface area contributed by atoms with E-state index in [1.54, 1.807) is 7.05 Å². The summed E-state index contributed by atoms with van der Waals surface area (Å²) in [4.78, 5) is 44.6. The van der Waals surface area contributed by atoms with Crippen LogP contribution in [0.3, 0.4) is 0 Å². The van der Waals surface area contributed by atoms with Crippen molar-refractivity contribution >= 4 is 29.1 Å². The van der Waals surface area contributed by atoms with E-state index in [0.717, 1.165) is 18.8 Å². The van der Waals surface area contributed by atoms with Gasteiger partial charge in [0.2, 0.25) is 17.7 Å². The van der Waals surface area contributed by atoms with Crippen LogP contribution in [0.4, 0.5) is 11.4 Å². The van der Waals surface area contributed by atoms with Crippen LogP contribution in [0.5, 0.6) is 0 Å². The number of hydrogen-bond acceptors (Lipinski definition) is 6. The van der Waals surface area contributed by atoms with Crippen LogP contribution < -0.4 is 15.5 Å². The van der Waals surface area contributed by atoms with Crippen LogP contribution in [0.25, 0.3) is 0 Å². The van der Waals surface area contributed by atoms with Crippen molar-refractivity contribution in [1.82, 2.24) is 10.2 Å². The average Bonchev–Trinajstić information content (AvgIpc) is 3.50. The Bertz CT molecular complexity index is 992. The van der Waals surface area contributed by atoms with Crippen LogP contribution in [-0.2, 0) is 19.1 Å². The number of hydrogen-bond donors (Lipinski definition) is 3. The van der Waals surface area contributed by atoms with Crippen molar-refractivity contribution in [2.75, 3.05) is 37.0 Å². The Morgan fingerprint density at radius 1 is 1.14 bits per heavy atom. The van der Waals surface area contributed by atoms with Crippen LogP contribution in [-0.4, -0.2) is 77.8 Å². The Labute approximate surface area is 213 Å². The van der Waals surface area contributed by atoms with Crippen LogP contribution in [0.15, 0.2) is 24.3 Å². The number of carbonyl (C=O) groups is 3. The molecular weight excluding hydrogens is 460 g/mol. The van der Waals surface area contributed by atoms with E-state index in [0.29, 0.717) is 31.4 Å². The monoisotopic (exact) mass is 500 g/mol. The summed E-state index contributed by atoms with van der Waals surface area (Å²) in [7, 11) is 1.57. The molecule has 198 valence electrons. The van der Waals surface area contributed by atoms with E-state index in [1.165, 1.54) is 4.90 Å². The number of aliphatic hydroxyl groups is 1. The number of likely N-dealkylation sites (tertiary alicyclic amines) is 1. The third-order valence-electron chi connectivity index (χ3n) is 8.73. The van der Waals surface area contributed by atoms with Crippen molar-refractivity contribution < 1.29 is 24.2 Å². The molecule has 0 aromatic heterocycles. The number of rotatable bonds is 10. The molecule has 0 radical (unpaired) electrons. The first-order valence-corrected chi connectivity index (χ1v) is 13.3. The van der Waals surface area contributed by atoms with Crippen LogP contribution in [0.2, 0.25) is 0 Å². The number of fused-ring (bicyclic) bond motifs is 1. The molecule has 9 nitrogen and oxygen atoms in total. The SMILES string of the molecule is CC[C@@H](CO)N1C(=O)[C@@H]2[C@H](C(=O)NC)[C@]3(CC)CCC2(O3)C1C(=O)Nc1ccc(N(CC)CC)cc1. The molecule has 2 unspecified atom stereocenters. The van der Waals surface area contributed by atoms with Gasteiger partial charge in [0.1, 0.15) is 11.6 Å². The maximum Gasteiger partial charge on any atom is 0.250 e. The lowest BCUT2D eigenvalue weighted by atomic mass is 9.65. The first-order chi connectivity index (χ1) is 17.3. The number of aliphatic hydroxyl groups excluding tert-OH is 1. The van der Waals surface area contributed by atoms with Crippen molar-refractivity contribution in [2.45, 2.75) is 76.7 Å². The molecule has 0 saturated carbocycles. The zero-order valence-corrected chi connectivity index (χ0v) is 22.0. The molecule has 3 heterocycles. The Hall–Kier alpha value is -2.65. The van der Waals surface area contributed by atoms with Crippen LogP contribution in [0, 0.1) is 11.8 Å². The van der Waals surface area contributed by atoms with Crippen molar-refractivity contribution in [3.05, 3.63) is 24.3 Å². The second-order valence-electron chi connectivity index (χ2n) is 10.1. The van der Waals surface area contributed by atoms with E-state index >= 15 is 0 Å². The fourth-order valence-corrected chi connectivity index (χ4v) is 6.87. The van der Waals surface area contributed by atoms with Gasteiger partial charge in [-0.05, 0) is 63.8 Å². The lowest BCUT2D eigenvalue weighted by molar-refractivity contribution is -0.149. The van der Waals surface area contributed by atoms with Gasteiger partial charge >= 0.3 is 0 Å². The van der Waals surface area contributed by atoms with E-state index in [-0.39, 0.29) is 24.3 Å². The first-order valence-electron chi connectivity index (χ1n) is 13.3. The van der Waals surface area contributed by atoms with Gasteiger partial charge in [-0.25, -0.2) is 0 Å². The summed E-state index contributed by atoms with van der Waals surface area (Å²) in [6.07, 6.45) is 2.19. The quantitative estimate of drug-likeness (QED) is 0.454. The van der Waals surface area contributed by atoms with E-state index in [9.17, 15) is 19.5 Å². The molecule has 3 fully saturated rings. The summed E-state index contributed by atoms with van der Waals surface area (Å²) in [5, 5.41) is 15.8. The van der Waals surface area contributed by atoms with Crippen molar-refractivity contribution in [3.8, 4) is 0 Å². The summed E-state index contributed by atoms with van der Waals surface area (Å²) < 4.78 is 6.67.